The molecule has 3 aliphatic rings. The molecule has 0 aromatic rings. The van der Waals surface area contributed by atoms with Crippen LogP contribution in [0.1, 0.15) is 19.3 Å². The Hall–Kier alpha value is 0.190. The molecule has 5 nitrogen and oxygen atoms in total. The molecular formula is C15H29N3O2PS+. The summed E-state index contributed by atoms with van der Waals surface area (Å²) in [4.78, 5) is 1.60. The maximum atomic E-state index is 6.26. The van der Waals surface area contributed by atoms with Gasteiger partial charge in [0.1, 0.15) is 6.34 Å². The van der Waals surface area contributed by atoms with Gasteiger partial charge >= 0.3 is 0 Å². The van der Waals surface area contributed by atoms with Gasteiger partial charge in [-0.2, -0.15) is 0 Å². The molecule has 3 aliphatic heterocycles. The zero-order chi connectivity index (χ0) is 15.3. The van der Waals surface area contributed by atoms with Crippen molar-refractivity contribution in [3.63, 3.8) is 0 Å². The quantitative estimate of drug-likeness (QED) is 0.749. The van der Waals surface area contributed by atoms with E-state index in [2.05, 4.69) is 21.4 Å². The van der Waals surface area contributed by atoms with Crippen LogP contribution in [0.25, 0.3) is 0 Å². The molecule has 22 heavy (non-hydrogen) atoms. The van der Waals surface area contributed by atoms with E-state index in [1.807, 2.05) is 0 Å². The standard InChI is InChI=1S/C15H28N3O2PS/c22-21(17-6-11-19-12-7-17,18-8-13-20-14-9-18)15-10-16-4-2-1-3-5-16/h10,15H,1-9,11-14H2/p+1/b15-10+. The summed E-state index contributed by atoms with van der Waals surface area (Å²) in [5, 5.41) is 0. The van der Waals surface area contributed by atoms with Crippen LogP contribution in [0, 0.1) is 0 Å². The molecule has 3 heterocycles. The lowest BCUT2D eigenvalue weighted by molar-refractivity contribution is -0.852. The fraction of sp³-hybridized carbons (Fsp3) is 0.867. The fourth-order valence-electron chi connectivity index (χ4n) is 3.42. The van der Waals surface area contributed by atoms with E-state index in [1.54, 1.807) is 4.90 Å². The predicted molar refractivity (Wildman–Crippen MR) is 92.8 cm³/mol. The minimum atomic E-state index is -1.80. The first-order chi connectivity index (χ1) is 10.8. The number of hydrogen-bond acceptors (Lipinski definition) is 3. The number of rotatable bonds is 4. The van der Waals surface area contributed by atoms with Crippen LogP contribution in [-0.2, 0) is 21.3 Å². The summed E-state index contributed by atoms with van der Waals surface area (Å²) >= 11 is 6.26. The number of nitrogens with one attached hydrogen (secondary N) is 1. The first kappa shape index (κ1) is 17.0. The van der Waals surface area contributed by atoms with E-state index < -0.39 is 6.34 Å². The molecule has 0 saturated carbocycles. The van der Waals surface area contributed by atoms with Gasteiger partial charge in [0.25, 0.3) is 0 Å². The summed E-state index contributed by atoms with van der Waals surface area (Å²) in [5.74, 6) is 2.39. The van der Waals surface area contributed by atoms with Crippen LogP contribution in [-0.4, -0.2) is 75.0 Å². The number of nitrogens with zero attached hydrogens (tertiary/aromatic N) is 2. The number of ether oxygens (including phenoxy) is 2. The lowest BCUT2D eigenvalue weighted by Gasteiger charge is -2.43. The van der Waals surface area contributed by atoms with Gasteiger partial charge in [0, 0.05) is 32.0 Å². The summed E-state index contributed by atoms with van der Waals surface area (Å²) in [5.41, 5.74) is 0. The Balaban J connectivity index is 1.74. The minimum absolute atomic E-state index is 0.813. The van der Waals surface area contributed by atoms with Crippen LogP contribution in [0.5, 0.6) is 0 Å². The zero-order valence-electron chi connectivity index (χ0n) is 13.4. The predicted octanol–water partition coefficient (Wildman–Crippen LogP) is 0.500. The highest BCUT2D eigenvalue weighted by Crippen LogP contribution is 2.55. The monoisotopic (exact) mass is 346 g/mol. The number of hydrogen-bond donors (Lipinski definition) is 1. The van der Waals surface area contributed by atoms with Gasteiger partial charge in [0.2, 0.25) is 0 Å². The Morgan fingerprint density at radius 3 is 1.82 bits per heavy atom. The smallest absolute Gasteiger partial charge is 0.105 e. The molecule has 1 N–H and O–H groups in total. The molecule has 0 spiro atoms. The molecule has 0 aliphatic carbocycles. The molecule has 7 heteroatoms. The SMILES string of the molecule is S=P(/C=C/[NH+]1CCCCC1)(N1CCOCC1)N1CCOCC1. The van der Waals surface area contributed by atoms with E-state index in [-0.39, 0.29) is 0 Å². The van der Waals surface area contributed by atoms with Crippen molar-refractivity contribution in [1.82, 2.24) is 9.34 Å². The number of likely N-dealkylation sites (tertiary alicyclic amines) is 1. The highest BCUT2D eigenvalue weighted by molar-refractivity contribution is 8.13. The third-order valence-corrected chi connectivity index (χ3v) is 9.49. The second-order valence-electron chi connectivity index (χ2n) is 6.26. The molecular weight excluding hydrogens is 317 g/mol. The summed E-state index contributed by atoms with van der Waals surface area (Å²) in [7, 11) is 0. The topological polar surface area (TPSA) is 29.4 Å². The van der Waals surface area contributed by atoms with Crippen LogP contribution in [0.15, 0.2) is 12.0 Å². The summed E-state index contributed by atoms with van der Waals surface area (Å²) in [6.45, 7) is 9.64. The molecule has 0 amide bonds. The molecule has 3 saturated heterocycles. The van der Waals surface area contributed by atoms with Gasteiger partial charge in [0.15, 0.2) is 0 Å². The molecule has 0 unspecified atom stereocenters. The Bertz CT molecular complexity index is 395. The first-order valence-electron chi connectivity index (χ1n) is 8.59. The Kier molecular flexibility index (Phi) is 6.45. The van der Waals surface area contributed by atoms with Gasteiger partial charge in [-0.15, -0.1) is 0 Å². The van der Waals surface area contributed by atoms with Crippen molar-refractivity contribution in [2.24, 2.45) is 0 Å². The van der Waals surface area contributed by atoms with E-state index in [9.17, 15) is 0 Å². The van der Waals surface area contributed by atoms with E-state index in [0.29, 0.717) is 0 Å². The molecule has 0 atom stereocenters. The molecule has 0 aromatic carbocycles. The summed E-state index contributed by atoms with van der Waals surface area (Å²) in [6, 6.07) is 0. The Morgan fingerprint density at radius 2 is 1.32 bits per heavy atom. The van der Waals surface area contributed by atoms with Crippen molar-refractivity contribution in [3.8, 4) is 0 Å². The first-order valence-corrected chi connectivity index (χ1v) is 11.4. The van der Waals surface area contributed by atoms with Gasteiger partial charge in [-0.3, -0.25) is 9.34 Å². The molecule has 0 aromatic heterocycles. The average molecular weight is 346 g/mol. The lowest BCUT2D eigenvalue weighted by Crippen LogP contribution is -3.08. The molecule has 126 valence electrons. The van der Waals surface area contributed by atoms with Crippen LogP contribution < -0.4 is 4.90 Å². The summed E-state index contributed by atoms with van der Waals surface area (Å²) in [6.07, 6.45) is 4.66. The lowest BCUT2D eigenvalue weighted by atomic mass is 10.1. The fourth-order valence-corrected chi connectivity index (χ4v) is 7.20. The molecule has 0 radical (unpaired) electrons. The van der Waals surface area contributed by atoms with Crippen LogP contribution in [0.3, 0.4) is 0 Å². The van der Waals surface area contributed by atoms with Crippen LogP contribution in [0.2, 0.25) is 0 Å². The number of morpholine rings is 2. The van der Waals surface area contributed by atoms with Crippen molar-refractivity contribution in [1.29, 1.82) is 0 Å². The minimum Gasteiger partial charge on any atom is -0.379 e. The second kappa shape index (κ2) is 8.34. The van der Waals surface area contributed by atoms with E-state index in [1.165, 1.54) is 32.4 Å². The van der Waals surface area contributed by atoms with Gasteiger partial charge in [-0.25, -0.2) is 0 Å². The van der Waals surface area contributed by atoms with E-state index in [0.717, 1.165) is 52.6 Å². The van der Waals surface area contributed by atoms with Crippen molar-refractivity contribution >= 4 is 18.1 Å². The molecule has 0 bridgehead atoms. The molecule has 3 fully saturated rings. The largest absolute Gasteiger partial charge is 0.379 e. The van der Waals surface area contributed by atoms with Gasteiger partial charge < -0.3 is 14.4 Å². The van der Waals surface area contributed by atoms with Crippen molar-refractivity contribution < 1.29 is 14.4 Å². The molecule has 3 rings (SSSR count). The highest BCUT2D eigenvalue weighted by Gasteiger charge is 2.33. The normalized spacial score (nSPS) is 27.5. The zero-order valence-corrected chi connectivity index (χ0v) is 15.1. The maximum Gasteiger partial charge on any atom is 0.105 e. The number of quaternary nitrogens is 1. The number of piperidine rings is 1. The van der Waals surface area contributed by atoms with Crippen LogP contribution >= 0.6 is 6.34 Å². The highest BCUT2D eigenvalue weighted by atomic mass is 32.4. The average Bonchev–Trinajstić information content (AvgIpc) is 2.62. The van der Waals surface area contributed by atoms with Crippen molar-refractivity contribution in [2.75, 3.05) is 65.7 Å². The Morgan fingerprint density at radius 1 is 0.818 bits per heavy atom. The second-order valence-corrected chi connectivity index (χ2v) is 10.5. The van der Waals surface area contributed by atoms with Crippen molar-refractivity contribution in [3.05, 3.63) is 12.0 Å². The van der Waals surface area contributed by atoms with E-state index in [4.69, 9.17) is 21.3 Å². The van der Waals surface area contributed by atoms with Gasteiger partial charge in [0.05, 0.1) is 45.7 Å². The third kappa shape index (κ3) is 4.18. The van der Waals surface area contributed by atoms with E-state index >= 15 is 0 Å². The third-order valence-electron chi connectivity index (χ3n) is 4.79. The Labute approximate surface area is 139 Å². The van der Waals surface area contributed by atoms with Gasteiger partial charge in [-0.1, -0.05) is 11.8 Å². The van der Waals surface area contributed by atoms with Gasteiger partial charge in [-0.05, 0) is 19.3 Å². The van der Waals surface area contributed by atoms with Crippen molar-refractivity contribution in [2.45, 2.75) is 19.3 Å². The summed E-state index contributed by atoms with van der Waals surface area (Å²) < 4.78 is 16.1. The maximum absolute atomic E-state index is 6.26. The van der Waals surface area contributed by atoms with Crippen LogP contribution in [0.4, 0.5) is 0 Å².